The minimum atomic E-state index is -0.232. The lowest BCUT2D eigenvalue weighted by Crippen LogP contribution is -2.36. The summed E-state index contributed by atoms with van der Waals surface area (Å²) in [7, 11) is 0. The maximum absolute atomic E-state index is 11.7. The van der Waals surface area contributed by atoms with Crippen molar-refractivity contribution >= 4 is 34.3 Å². The molecule has 1 aliphatic rings. The summed E-state index contributed by atoms with van der Waals surface area (Å²) in [5, 5.41) is 6.22. The summed E-state index contributed by atoms with van der Waals surface area (Å²) >= 11 is 0. The van der Waals surface area contributed by atoms with Crippen LogP contribution in [0.25, 0.3) is 16.6 Å². The number of carbonyl (C=O) groups excluding carboxylic acids is 1. The fraction of sp³-hybridized carbons (Fsp3) is 0.154. The highest BCUT2D eigenvalue weighted by molar-refractivity contribution is 5.99. The highest BCUT2D eigenvalue weighted by Gasteiger charge is 2.12. The van der Waals surface area contributed by atoms with E-state index in [0.29, 0.717) is 0 Å². The van der Waals surface area contributed by atoms with E-state index in [1.807, 2.05) is 47.0 Å². The molecule has 0 spiro atoms. The Labute approximate surface area is 192 Å². The number of carbonyl (C=O) groups is 1. The molecule has 4 aromatic rings. The normalized spacial score (nSPS) is 13.6. The van der Waals surface area contributed by atoms with Gasteiger partial charge in [-0.1, -0.05) is 18.7 Å². The van der Waals surface area contributed by atoms with Crippen LogP contribution in [0.5, 0.6) is 0 Å². The molecule has 5 rings (SSSR count). The number of nitrogens with zero attached hydrogens (tertiary/aromatic N) is 3. The van der Waals surface area contributed by atoms with Crippen LogP contribution in [0.3, 0.4) is 0 Å². The van der Waals surface area contributed by atoms with Crippen LogP contribution in [0.1, 0.15) is 0 Å². The lowest BCUT2D eigenvalue weighted by atomic mass is 10.1. The number of aromatic nitrogens is 2. The summed E-state index contributed by atoms with van der Waals surface area (Å²) in [6.45, 7) is 6.88. The Kier molecular flexibility index (Phi) is 5.78. The summed E-state index contributed by atoms with van der Waals surface area (Å²) in [6.07, 6.45) is 5.04. The molecule has 0 bridgehead atoms. The third kappa shape index (κ3) is 4.58. The molecule has 7 nitrogen and oxygen atoms in total. The Hall–Kier alpha value is -4.10. The van der Waals surface area contributed by atoms with E-state index in [0.717, 1.165) is 60.1 Å². The van der Waals surface area contributed by atoms with E-state index in [4.69, 9.17) is 4.74 Å². The number of fused-ring (bicyclic) bond motifs is 1. The van der Waals surface area contributed by atoms with Crippen LogP contribution in [0, 0.1) is 0 Å². The number of anilines is 4. The highest BCUT2D eigenvalue weighted by atomic mass is 16.5. The van der Waals surface area contributed by atoms with Gasteiger partial charge in [-0.05, 0) is 54.1 Å². The highest BCUT2D eigenvalue weighted by Crippen LogP contribution is 2.29. The third-order valence-electron chi connectivity index (χ3n) is 5.69. The monoisotopic (exact) mass is 439 g/mol. The number of morpholine rings is 1. The van der Waals surface area contributed by atoms with Gasteiger partial charge in [-0.25, -0.2) is 4.98 Å². The van der Waals surface area contributed by atoms with E-state index in [2.05, 4.69) is 51.4 Å². The second-order valence-electron chi connectivity index (χ2n) is 7.84. The Bertz CT molecular complexity index is 1290. The summed E-state index contributed by atoms with van der Waals surface area (Å²) in [5.41, 5.74) is 5.98. The topological polar surface area (TPSA) is 70.9 Å². The van der Waals surface area contributed by atoms with Crippen LogP contribution in [0.15, 0.2) is 85.8 Å². The van der Waals surface area contributed by atoms with E-state index in [9.17, 15) is 4.79 Å². The molecule has 2 aromatic heterocycles. The van der Waals surface area contributed by atoms with Gasteiger partial charge in [0.1, 0.15) is 12.1 Å². The van der Waals surface area contributed by atoms with Gasteiger partial charge in [0.15, 0.2) is 0 Å². The van der Waals surface area contributed by atoms with Crippen molar-refractivity contribution in [1.82, 2.24) is 9.38 Å². The summed E-state index contributed by atoms with van der Waals surface area (Å²) in [6, 6.07) is 20.2. The molecule has 3 heterocycles. The smallest absolute Gasteiger partial charge is 0.247 e. The van der Waals surface area contributed by atoms with Gasteiger partial charge in [-0.2, -0.15) is 0 Å². The van der Waals surface area contributed by atoms with Gasteiger partial charge in [0.2, 0.25) is 5.91 Å². The molecule has 0 radical (unpaired) electrons. The average molecular weight is 440 g/mol. The van der Waals surface area contributed by atoms with Gasteiger partial charge >= 0.3 is 0 Å². The molecule has 1 amide bonds. The molecule has 0 saturated carbocycles. The summed E-state index contributed by atoms with van der Waals surface area (Å²) in [5.74, 6) is 0.530. The molecule has 33 heavy (non-hydrogen) atoms. The number of rotatable bonds is 6. The van der Waals surface area contributed by atoms with Crippen molar-refractivity contribution in [3.8, 4) is 11.1 Å². The van der Waals surface area contributed by atoms with Crippen LogP contribution >= 0.6 is 0 Å². The SMILES string of the molecule is C=CC(=O)Nc1cccc(-c2ccn3cnc(Nc4ccc(N5CCOCC5)cc4)cc23)c1. The third-order valence-corrected chi connectivity index (χ3v) is 5.69. The summed E-state index contributed by atoms with van der Waals surface area (Å²) < 4.78 is 7.42. The Morgan fingerprint density at radius 2 is 1.85 bits per heavy atom. The molecular formula is C26H25N5O2. The zero-order chi connectivity index (χ0) is 22.6. The van der Waals surface area contributed by atoms with Gasteiger partial charge in [0, 0.05) is 48.0 Å². The largest absolute Gasteiger partial charge is 0.378 e. The number of amides is 1. The Morgan fingerprint density at radius 3 is 2.64 bits per heavy atom. The first-order valence-corrected chi connectivity index (χ1v) is 10.9. The number of benzene rings is 2. The van der Waals surface area contributed by atoms with E-state index in [1.54, 1.807) is 6.33 Å². The van der Waals surface area contributed by atoms with Gasteiger partial charge in [0.05, 0.1) is 18.7 Å². The first kappa shape index (κ1) is 20.8. The van der Waals surface area contributed by atoms with Crippen molar-refractivity contribution in [2.75, 3.05) is 41.8 Å². The van der Waals surface area contributed by atoms with Crippen LogP contribution in [0.4, 0.5) is 22.9 Å². The predicted octanol–water partition coefficient (Wildman–Crippen LogP) is 4.71. The lowest BCUT2D eigenvalue weighted by molar-refractivity contribution is -0.111. The molecule has 2 N–H and O–H groups in total. The van der Waals surface area contributed by atoms with Crippen LogP contribution in [-0.4, -0.2) is 41.6 Å². The van der Waals surface area contributed by atoms with Gasteiger partial charge < -0.3 is 24.7 Å². The minimum Gasteiger partial charge on any atom is -0.378 e. The van der Waals surface area contributed by atoms with E-state index >= 15 is 0 Å². The quantitative estimate of drug-likeness (QED) is 0.426. The molecule has 1 saturated heterocycles. The molecule has 1 fully saturated rings. The number of nitrogens with one attached hydrogen (secondary N) is 2. The molecule has 7 heteroatoms. The van der Waals surface area contributed by atoms with E-state index < -0.39 is 0 Å². The van der Waals surface area contributed by atoms with Crippen molar-refractivity contribution < 1.29 is 9.53 Å². The second kappa shape index (κ2) is 9.18. The van der Waals surface area contributed by atoms with Crippen molar-refractivity contribution in [2.24, 2.45) is 0 Å². The minimum absolute atomic E-state index is 0.232. The first-order valence-electron chi connectivity index (χ1n) is 10.9. The molecule has 166 valence electrons. The van der Waals surface area contributed by atoms with Gasteiger partial charge in [-0.3, -0.25) is 4.79 Å². The number of hydrogen-bond acceptors (Lipinski definition) is 5. The van der Waals surface area contributed by atoms with Crippen LogP contribution in [-0.2, 0) is 9.53 Å². The van der Waals surface area contributed by atoms with E-state index in [-0.39, 0.29) is 5.91 Å². The molecule has 1 aliphatic heterocycles. The lowest BCUT2D eigenvalue weighted by Gasteiger charge is -2.28. The standard InChI is InChI=1S/C26H25N5O2/c1-2-26(32)29-21-5-3-4-19(16-21)23-10-11-31-18-27-25(17-24(23)31)28-20-6-8-22(9-7-20)30-12-14-33-15-13-30/h2-11,16-18,28H,1,12-15H2,(H,29,32). The van der Waals surface area contributed by atoms with Gasteiger partial charge in [-0.15, -0.1) is 0 Å². The predicted molar refractivity (Wildman–Crippen MR) is 132 cm³/mol. The second-order valence-corrected chi connectivity index (χ2v) is 7.84. The fourth-order valence-corrected chi connectivity index (χ4v) is 4.00. The number of hydrogen-bond donors (Lipinski definition) is 2. The maximum atomic E-state index is 11.7. The fourth-order valence-electron chi connectivity index (χ4n) is 4.00. The summed E-state index contributed by atoms with van der Waals surface area (Å²) in [4.78, 5) is 18.5. The zero-order valence-corrected chi connectivity index (χ0v) is 18.2. The van der Waals surface area contributed by atoms with Gasteiger partial charge in [0.25, 0.3) is 0 Å². The van der Waals surface area contributed by atoms with Crippen molar-refractivity contribution in [3.63, 3.8) is 0 Å². The molecular weight excluding hydrogens is 414 g/mol. The van der Waals surface area contributed by atoms with Crippen LogP contribution < -0.4 is 15.5 Å². The molecule has 0 atom stereocenters. The molecule has 2 aromatic carbocycles. The molecule has 0 unspecified atom stereocenters. The maximum Gasteiger partial charge on any atom is 0.247 e. The molecule has 0 aliphatic carbocycles. The van der Waals surface area contributed by atoms with Crippen molar-refractivity contribution in [3.05, 3.63) is 85.8 Å². The zero-order valence-electron chi connectivity index (χ0n) is 18.2. The van der Waals surface area contributed by atoms with Crippen LogP contribution in [0.2, 0.25) is 0 Å². The first-order chi connectivity index (χ1) is 16.2. The van der Waals surface area contributed by atoms with Crippen molar-refractivity contribution in [1.29, 1.82) is 0 Å². The van der Waals surface area contributed by atoms with E-state index in [1.165, 1.54) is 11.8 Å². The Balaban J connectivity index is 1.38. The van der Waals surface area contributed by atoms with Crippen molar-refractivity contribution in [2.45, 2.75) is 0 Å². The number of ether oxygens (including phenoxy) is 1. The average Bonchev–Trinajstić information content (AvgIpc) is 3.28. The Morgan fingerprint density at radius 1 is 1.03 bits per heavy atom.